The molecule has 22 heavy (non-hydrogen) atoms. The van der Waals surface area contributed by atoms with Crippen molar-refractivity contribution in [1.29, 1.82) is 0 Å². The smallest absolute Gasteiger partial charge is 0.257 e. The van der Waals surface area contributed by atoms with Gasteiger partial charge >= 0.3 is 0 Å². The largest absolute Gasteiger partial charge is 0.341 e. The van der Waals surface area contributed by atoms with Crippen molar-refractivity contribution in [1.82, 2.24) is 24.4 Å². The molecule has 116 valence electrons. The van der Waals surface area contributed by atoms with Crippen LogP contribution in [-0.4, -0.2) is 43.9 Å². The van der Waals surface area contributed by atoms with E-state index in [0.717, 1.165) is 37.4 Å². The third kappa shape index (κ3) is 2.86. The fraction of sp³-hybridized carbons (Fsp3) is 0.500. The summed E-state index contributed by atoms with van der Waals surface area (Å²) in [5, 5.41) is 0. The van der Waals surface area contributed by atoms with Crippen LogP contribution in [0.15, 0.2) is 18.6 Å². The van der Waals surface area contributed by atoms with Gasteiger partial charge in [-0.15, -0.1) is 0 Å². The predicted molar refractivity (Wildman–Crippen MR) is 82.5 cm³/mol. The van der Waals surface area contributed by atoms with Gasteiger partial charge in [0.2, 0.25) is 0 Å². The summed E-state index contributed by atoms with van der Waals surface area (Å²) in [7, 11) is 1.85. The maximum Gasteiger partial charge on any atom is 0.257 e. The lowest BCUT2D eigenvalue weighted by molar-refractivity contribution is 0.0759. The zero-order valence-electron chi connectivity index (χ0n) is 13.3. The van der Waals surface area contributed by atoms with E-state index in [1.54, 1.807) is 11.1 Å². The molecule has 2 aromatic rings. The van der Waals surface area contributed by atoms with Crippen molar-refractivity contribution in [2.24, 2.45) is 5.92 Å². The molecule has 0 saturated heterocycles. The number of fused-ring (bicyclic) bond motifs is 1. The molecule has 1 atom stereocenters. The molecule has 0 aliphatic carbocycles. The molecule has 0 N–H and O–H groups in total. The SMILES string of the molecule is Cc1ncc(C(=O)N(C)C[C@@H]2CCc3nccn3C2)c(C)n1. The van der Waals surface area contributed by atoms with Crippen molar-refractivity contribution in [2.75, 3.05) is 13.6 Å². The van der Waals surface area contributed by atoms with E-state index >= 15 is 0 Å². The van der Waals surface area contributed by atoms with Gasteiger partial charge in [0.05, 0.1) is 11.3 Å². The molecule has 3 heterocycles. The van der Waals surface area contributed by atoms with Crippen LogP contribution >= 0.6 is 0 Å². The van der Waals surface area contributed by atoms with Crippen molar-refractivity contribution in [2.45, 2.75) is 33.2 Å². The number of nitrogens with zero attached hydrogens (tertiary/aromatic N) is 5. The highest BCUT2D eigenvalue weighted by Gasteiger charge is 2.23. The molecule has 0 aromatic carbocycles. The molecule has 3 rings (SSSR count). The van der Waals surface area contributed by atoms with Gasteiger partial charge in [-0.2, -0.15) is 0 Å². The Kier molecular flexibility index (Phi) is 3.92. The number of carbonyl (C=O) groups is 1. The second-order valence-corrected chi connectivity index (χ2v) is 6.00. The molecule has 1 aliphatic rings. The Morgan fingerprint density at radius 1 is 1.41 bits per heavy atom. The number of carbonyl (C=O) groups excluding carboxylic acids is 1. The maximum absolute atomic E-state index is 12.6. The second kappa shape index (κ2) is 5.87. The van der Waals surface area contributed by atoms with Crippen LogP contribution in [-0.2, 0) is 13.0 Å². The molecule has 0 spiro atoms. The molecule has 0 saturated carbocycles. The zero-order valence-corrected chi connectivity index (χ0v) is 13.3. The zero-order chi connectivity index (χ0) is 15.7. The summed E-state index contributed by atoms with van der Waals surface area (Å²) < 4.78 is 2.19. The predicted octanol–water partition coefficient (Wildman–Crippen LogP) is 1.62. The van der Waals surface area contributed by atoms with Gasteiger partial charge in [-0.05, 0) is 26.2 Å². The first-order valence-electron chi connectivity index (χ1n) is 7.60. The lowest BCUT2D eigenvalue weighted by Crippen LogP contribution is -2.35. The van der Waals surface area contributed by atoms with Crippen LogP contribution in [0, 0.1) is 19.8 Å². The van der Waals surface area contributed by atoms with Crippen LogP contribution < -0.4 is 0 Å². The Labute approximate surface area is 130 Å². The molecule has 0 bridgehead atoms. The third-order valence-corrected chi connectivity index (χ3v) is 4.24. The highest BCUT2D eigenvalue weighted by atomic mass is 16.2. The van der Waals surface area contributed by atoms with Gasteiger partial charge in [0, 0.05) is 45.1 Å². The second-order valence-electron chi connectivity index (χ2n) is 6.00. The van der Waals surface area contributed by atoms with Gasteiger partial charge in [-0.3, -0.25) is 4.79 Å². The minimum Gasteiger partial charge on any atom is -0.341 e. The van der Waals surface area contributed by atoms with E-state index < -0.39 is 0 Å². The van der Waals surface area contributed by atoms with Crippen molar-refractivity contribution >= 4 is 5.91 Å². The van der Waals surface area contributed by atoms with Crippen molar-refractivity contribution in [3.63, 3.8) is 0 Å². The number of hydrogen-bond acceptors (Lipinski definition) is 4. The van der Waals surface area contributed by atoms with Gasteiger partial charge in [0.1, 0.15) is 11.6 Å². The van der Waals surface area contributed by atoms with Gasteiger partial charge in [0.25, 0.3) is 5.91 Å². The first kappa shape index (κ1) is 14.7. The molecular formula is C16H21N5O. The first-order chi connectivity index (χ1) is 10.5. The van der Waals surface area contributed by atoms with E-state index in [-0.39, 0.29) is 5.91 Å². The lowest BCUT2D eigenvalue weighted by atomic mass is 9.98. The minimum atomic E-state index is -0.00562. The number of aromatic nitrogens is 4. The Balaban J connectivity index is 1.67. The lowest BCUT2D eigenvalue weighted by Gasteiger charge is -2.28. The van der Waals surface area contributed by atoms with E-state index in [0.29, 0.717) is 17.3 Å². The standard InChI is InChI=1S/C16H21N5O/c1-11-14(8-18-12(2)19-11)16(22)20(3)9-13-4-5-15-17-6-7-21(15)10-13/h6-8,13H,4-5,9-10H2,1-3H3/t13-/m0/s1. The van der Waals surface area contributed by atoms with Gasteiger partial charge in [0.15, 0.2) is 0 Å². The number of imidazole rings is 1. The monoisotopic (exact) mass is 299 g/mol. The third-order valence-electron chi connectivity index (χ3n) is 4.24. The van der Waals surface area contributed by atoms with E-state index in [9.17, 15) is 4.79 Å². The minimum absolute atomic E-state index is 0.00562. The van der Waals surface area contributed by atoms with Gasteiger partial charge in [-0.25, -0.2) is 15.0 Å². The van der Waals surface area contributed by atoms with E-state index in [4.69, 9.17) is 0 Å². The molecule has 0 fully saturated rings. The summed E-state index contributed by atoms with van der Waals surface area (Å²) in [4.78, 5) is 27.1. The average molecular weight is 299 g/mol. The summed E-state index contributed by atoms with van der Waals surface area (Å²) in [6.07, 6.45) is 7.54. The van der Waals surface area contributed by atoms with Gasteiger partial charge < -0.3 is 9.47 Å². The van der Waals surface area contributed by atoms with Crippen molar-refractivity contribution < 1.29 is 4.79 Å². The molecule has 1 aliphatic heterocycles. The van der Waals surface area contributed by atoms with Crippen LogP contribution in [0.3, 0.4) is 0 Å². The fourth-order valence-corrected chi connectivity index (χ4v) is 3.06. The van der Waals surface area contributed by atoms with Crippen LogP contribution in [0.2, 0.25) is 0 Å². The quantitative estimate of drug-likeness (QED) is 0.864. The summed E-state index contributed by atoms with van der Waals surface area (Å²) in [6.45, 7) is 5.35. The van der Waals surface area contributed by atoms with E-state index in [1.807, 2.05) is 33.3 Å². The van der Waals surface area contributed by atoms with E-state index in [2.05, 4.69) is 19.5 Å². The summed E-state index contributed by atoms with van der Waals surface area (Å²) in [5.74, 6) is 2.29. The van der Waals surface area contributed by atoms with Crippen molar-refractivity contribution in [3.05, 3.63) is 41.5 Å². The number of hydrogen-bond donors (Lipinski definition) is 0. The Morgan fingerprint density at radius 3 is 3.00 bits per heavy atom. The van der Waals surface area contributed by atoms with Crippen LogP contribution in [0.1, 0.15) is 34.1 Å². The normalized spacial score (nSPS) is 17.1. The molecule has 0 unspecified atom stereocenters. The molecular weight excluding hydrogens is 278 g/mol. The summed E-state index contributed by atoms with van der Waals surface area (Å²) in [5.41, 5.74) is 1.33. The molecule has 1 amide bonds. The highest BCUT2D eigenvalue weighted by molar-refractivity contribution is 5.94. The van der Waals surface area contributed by atoms with Gasteiger partial charge in [-0.1, -0.05) is 0 Å². The van der Waals surface area contributed by atoms with Crippen molar-refractivity contribution in [3.8, 4) is 0 Å². The number of amides is 1. The summed E-state index contributed by atoms with van der Waals surface area (Å²) in [6, 6.07) is 0. The maximum atomic E-state index is 12.6. The molecule has 6 nitrogen and oxygen atoms in total. The Hall–Kier alpha value is -2.24. The average Bonchev–Trinajstić information content (AvgIpc) is 2.94. The highest BCUT2D eigenvalue weighted by Crippen LogP contribution is 2.20. The van der Waals surface area contributed by atoms with Crippen LogP contribution in [0.4, 0.5) is 0 Å². The topological polar surface area (TPSA) is 63.9 Å². The van der Waals surface area contributed by atoms with E-state index in [1.165, 1.54) is 0 Å². The Bertz CT molecular complexity index is 694. The number of rotatable bonds is 3. The van der Waals surface area contributed by atoms with Crippen LogP contribution in [0.25, 0.3) is 0 Å². The fourth-order valence-electron chi connectivity index (χ4n) is 3.06. The molecule has 6 heteroatoms. The first-order valence-corrected chi connectivity index (χ1v) is 7.60. The molecule has 2 aromatic heterocycles. The number of aryl methyl sites for hydroxylation is 3. The molecule has 0 radical (unpaired) electrons. The van der Waals surface area contributed by atoms with Crippen LogP contribution in [0.5, 0.6) is 0 Å². The summed E-state index contributed by atoms with van der Waals surface area (Å²) >= 11 is 0. The Morgan fingerprint density at radius 2 is 2.23 bits per heavy atom.